The van der Waals surface area contributed by atoms with E-state index in [2.05, 4.69) is 10.4 Å². The number of nitrogens with one attached hydrogen (secondary N) is 1. The van der Waals surface area contributed by atoms with Crippen molar-refractivity contribution in [1.29, 1.82) is 0 Å². The van der Waals surface area contributed by atoms with Crippen molar-refractivity contribution >= 4 is 5.91 Å². The summed E-state index contributed by atoms with van der Waals surface area (Å²) in [7, 11) is 1.74. The zero-order valence-corrected chi connectivity index (χ0v) is 14.9. The molecule has 0 atom stereocenters. The quantitative estimate of drug-likeness (QED) is 0.512. The van der Waals surface area contributed by atoms with Crippen LogP contribution in [-0.2, 0) is 20.2 Å². The molecule has 2 aromatic heterocycles. The molecule has 0 aliphatic rings. The summed E-state index contributed by atoms with van der Waals surface area (Å²) in [4.78, 5) is 12.1. The van der Waals surface area contributed by atoms with Crippen LogP contribution in [-0.4, -0.2) is 15.7 Å². The van der Waals surface area contributed by atoms with Crippen LogP contribution in [0.4, 0.5) is 17.6 Å². The molecule has 0 aliphatic heterocycles. The first-order valence-corrected chi connectivity index (χ1v) is 8.08. The molecule has 0 unspecified atom stereocenters. The minimum atomic E-state index is -1.66. The van der Waals surface area contributed by atoms with E-state index in [-0.39, 0.29) is 24.1 Å². The molecule has 148 valence electrons. The maximum Gasteiger partial charge on any atom is 0.287 e. The van der Waals surface area contributed by atoms with Crippen LogP contribution < -0.4 is 10.1 Å². The second-order valence-electron chi connectivity index (χ2n) is 5.94. The van der Waals surface area contributed by atoms with Gasteiger partial charge >= 0.3 is 0 Å². The summed E-state index contributed by atoms with van der Waals surface area (Å²) < 4.78 is 65.1. The summed E-state index contributed by atoms with van der Waals surface area (Å²) in [5.74, 6) is -8.25. The van der Waals surface area contributed by atoms with Gasteiger partial charge in [0.05, 0.1) is 17.9 Å². The van der Waals surface area contributed by atoms with E-state index >= 15 is 0 Å². The van der Waals surface area contributed by atoms with Gasteiger partial charge in [-0.15, -0.1) is 0 Å². The third-order valence-electron chi connectivity index (χ3n) is 3.84. The Bertz CT molecular complexity index is 1000. The van der Waals surface area contributed by atoms with Gasteiger partial charge in [0.15, 0.2) is 23.1 Å². The molecular formula is C18H15F4N3O3. The fourth-order valence-corrected chi connectivity index (χ4v) is 2.49. The monoisotopic (exact) mass is 397 g/mol. The van der Waals surface area contributed by atoms with E-state index in [1.54, 1.807) is 11.7 Å². The van der Waals surface area contributed by atoms with Crippen molar-refractivity contribution in [3.8, 4) is 5.75 Å². The molecule has 0 spiro atoms. The number of nitrogens with zero attached hydrogens (tertiary/aromatic N) is 2. The second kappa shape index (κ2) is 7.75. The number of hydrogen-bond acceptors (Lipinski definition) is 4. The molecular weight excluding hydrogens is 382 g/mol. The predicted octanol–water partition coefficient (Wildman–Crippen LogP) is 3.39. The van der Waals surface area contributed by atoms with Crippen LogP contribution in [0.15, 0.2) is 28.7 Å². The number of rotatable bonds is 6. The van der Waals surface area contributed by atoms with Gasteiger partial charge in [-0.25, -0.2) is 8.78 Å². The molecule has 6 nitrogen and oxygen atoms in total. The summed E-state index contributed by atoms with van der Waals surface area (Å²) in [6.07, 6.45) is 0. The van der Waals surface area contributed by atoms with Crippen molar-refractivity contribution in [2.24, 2.45) is 7.05 Å². The number of halogens is 4. The van der Waals surface area contributed by atoms with E-state index in [9.17, 15) is 22.4 Å². The molecule has 0 aliphatic carbocycles. The Labute approximate surface area is 156 Å². The Balaban J connectivity index is 1.63. The third-order valence-corrected chi connectivity index (χ3v) is 3.84. The van der Waals surface area contributed by atoms with E-state index in [0.29, 0.717) is 0 Å². The van der Waals surface area contributed by atoms with Gasteiger partial charge < -0.3 is 14.5 Å². The first-order chi connectivity index (χ1) is 13.3. The maximum atomic E-state index is 13.6. The standard InChI is InChI=1S/C18H15F4N3O3/c1-9-5-10(25(2)24-9)7-23-18(26)14-4-3-11(28-14)8-27-17-15(21)12(19)6-13(20)16(17)22/h3-6H,7-8H2,1-2H3,(H,23,26). The Hall–Kier alpha value is -3.30. The highest BCUT2D eigenvalue weighted by Gasteiger charge is 2.21. The summed E-state index contributed by atoms with van der Waals surface area (Å²) in [6.45, 7) is 1.49. The number of amides is 1. The Morgan fingerprint density at radius 1 is 1.18 bits per heavy atom. The van der Waals surface area contributed by atoms with Crippen LogP contribution in [0, 0.1) is 30.2 Å². The Kier molecular flexibility index (Phi) is 5.39. The molecule has 0 saturated carbocycles. The molecule has 3 rings (SSSR count). The fourth-order valence-electron chi connectivity index (χ4n) is 2.49. The average Bonchev–Trinajstić information content (AvgIpc) is 3.24. The SMILES string of the molecule is Cc1cc(CNC(=O)c2ccc(COc3c(F)c(F)cc(F)c3F)o2)n(C)n1. The number of carbonyl (C=O) groups excluding carboxylic acids is 1. The van der Waals surface area contributed by atoms with E-state index in [0.717, 1.165) is 11.4 Å². The highest BCUT2D eigenvalue weighted by atomic mass is 19.2. The van der Waals surface area contributed by atoms with E-state index < -0.39 is 41.5 Å². The summed E-state index contributed by atoms with van der Waals surface area (Å²) in [6, 6.07) is 4.56. The molecule has 2 heterocycles. The molecule has 0 fully saturated rings. The van der Waals surface area contributed by atoms with Gasteiger partial charge in [-0.1, -0.05) is 0 Å². The number of hydrogen-bond donors (Lipinski definition) is 1. The van der Waals surface area contributed by atoms with Crippen molar-refractivity contribution in [2.45, 2.75) is 20.1 Å². The first kappa shape index (κ1) is 19.5. The summed E-state index contributed by atoms with van der Waals surface area (Å²) in [5.41, 5.74) is 1.58. The van der Waals surface area contributed by atoms with Gasteiger partial charge in [0.25, 0.3) is 5.91 Å². The number of benzene rings is 1. The van der Waals surface area contributed by atoms with Gasteiger partial charge in [0.2, 0.25) is 11.6 Å². The molecule has 0 saturated heterocycles. The number of aryl methyl sites for hydroxylation is 2. The number of carbonyl (C=O) groups is 1. The van der Waals surface area contributed by atoms with Crippen LogP contribution >= 0.6 is 0 Å². The van der Waals surface area contributed by atoms with Gasteiger partial charge in [0.1, 0.15) is 12.4 Å². The largest absolute Gasteiger partial charge is 0.479 e. The molecule has 1 amide bonds. The number of ether oxygens (including phenoxy) is 1. The number of aromatic nitrogens is 2. The van der Waals surface area contributed by atoms with Gasteiger partial charge in [-0.2, -0.15) is 13.9 Å². The fraction of sp³-hybridized carbons (Fsp3) is 0.222. The van der Waals surface area contributed by atoms with E-state index in [1.165, 1.54) is 12.1 Å². The normalized spacial score (nSPS) is 10.9. The topological polar surface area (TPSA) is 69.3 Å². The van der Waals surface area contributed by atoms with E-state index in [1.807, 2.05) is 13.0 Å². The molecule has 28 heavy (non-hydrogen) atoms. The van der Waals surface area contributed by atoms with Crippen molar-refractivity contribution in [2.75, 3.05) is 0 Å². The zero-order chi connectivity index (χ0) is 20.4. The Morgan fingerprint density at radius 3 is 2.46 bits per heavy atom. The molecule has 1 aromatic carbocycles. The molecule has 3 aromatic rings. The molecule has 0 bridgehead atoms. The lowest BCUT2D eigenvalue weighted by Gasteiger charge is -2.08. The summed E-state index contributed by atoms with van der Waals surface area (Å²) in [5, 5.41) is 6.79. The van der Waals surface area contributed by atoms with Gasteiger partial charge in [0, 0.05) is 13.1 Å². The minimum absolute atomic E-state index is 0.0324. The highest BCUT2D eigenvalue weighted by molar-refractivity contribution is 5.91. The Morgan fingerprint density at radius 2 is 1.86 bits per heavy atom. The van der Waals surface area contributed by atoms with Gasteiger partial charge in [-0.05, 0) is 25.1 Å². The summed E-state index contributed by atoms with van der Waals surface area (Å²) >= 11 is 0. The second-order valence-corrected chi connectivity index (χ2v) is 5.94. The van der Waals surface area contributed by atoms with Crippen LogP contribution in [0.5, 0.6) is 5.75 Å². The lowest BCUT2D eigenvalue weighted by molar-refractivity contribution is 0.0917. The minimum Gasteiger partial charge on any atom is -0.479 e. The maximum absolute atomic E-state index is 13.6. The van der Waals surface area contributed by atoms with Crippen LogP contribution in [0.2, 0.25) is 0 Å². The third kappa shape index (κ3) is 4.00. The zero-order valence-electron chi connectivity index (χ0n) is 14.9. The van der Waals surface area contributed by atoms with E-state index in [4.69, 9.17) is 9.15 Å². The van der Waals surface area contributed by atoms with Crippen molar-refractivity contribution in [3.63, 3.8) is 0 Å². The van der Waals surface area contributed by atoms with Crippen LogP contribution in [0.1, 0.15) is 27.7 Å². The highest BCUT2D eigenvalue weighted by Crippen LogP contribution is 2.27. The van der Waals surface area contributed by atoms with Crippen molar-refractivity contribution in [1.82, 2.24) is 15.1 Å². The average molecular weight is 397 g/mol. The van der Waals surface area contributed by atoms with Crippen molar-refractivity contribution in [3.05, 3.63) is 70.4 Å². The number of furan rings is 1. The first-order valence-electron chi connectivity index (χ1n) is 8.08. The lowest BCUT2D eigenvalue weighted by atomic mass is 10.3. The lowest BCUT2D eigenvalue weighted by Crippen LogP contribution is -2.23. The van der Waals surface area contributed by atoms with Gasteiger partial charge in [-0.3, -0.25) is 9.48 Å². The molecule has 0 radical (unpaired) electrons. The molecule has 1 N–H and O–H groups in total. The smallest absolute Gasteiger partial charge is 0.287 e. The molecule has 10 heteroatoms. The van der Waals surface area contributed by atoms with Crippen LogP contribution in [0.25, 0.3) is 0 Å². The van der Waals surface area contributed by atoms with Crippen molar-refractivity contribution < 1.29 is 31.5 Å². The van der Waals surface area contributed by atoms with Crippen LogP contribution in [0.3, 0.4) is 0 Å². The predicted molar refractivity (Wildman–Crippen MR) is 88.4 cm³/mol.